The third-order valence-corrected chi connectivity index (χ3v) is 3.67. The molecule has 0 unspecified atom stereocenters. The molecule has 140 valence electrons. The van der Waals surface area contributed by atoms with Gasteiger partial charge in [-0.25, -0.2) is 9.59 Å². The summed E-state index contributed by atoms with van der Waals surface area (Å²) < 4.78 is 10.6. The highest BCUT2D eigenvalue weighted by molar-refractivity contribution is 6.27. The Balaban J connectivity index is 0.000000352. The molecule has 2 aromatic rings. The van der Waals surface area contributed by atoms with Crippen molar-refractivity contribution in [2.75, 3.05) is 19.7 Å². The van der Waals surface area contributed by atoms with Crippen LogP contribution in [0.15, 0.2) is 28.8 Å². The molecule has 0 aliphatic carbocycles. The van der Waals surface area contributed by atoms with Gasteiger partial charge in [0.25, 0.3) is 0 Å². The zero-order chi connectivity index (χ0) is 19.1. The monoisotopic (exact) mass is 363 g/mol. The van der Waals surface area contributed by atoms with Crippen molar-refractivity contribution in [3.05, 3.63) is 41.5 Å². The highest BCUT2D eigenvalue weighted by atomic mass is 16.5. The molecular formula is C17H21N3O6. The summed E-state index contributed by atoms with van der Waals surface area (Å²) in [7, 11) is 0. The number of aromatic nitrogens is 2. The summed E-state index contributed by atoms with van der Waals surface area (Å²) in [5, 5.41) is 18.6. The summed E-state index contributed by atoms with van der Waals surface area (Å²) in [6.45, 7) is 7.47. The summed E-state index contributed by atoms with van der Waals surface area (Å²) in [5.74, 6) is -0.849. The lowest BCUT2D eigenvalue weighted by Crippen LogP contribution is -2.44. The van der Waals surface area contributed by atoms with Crippen molar-refractivity contribution in [2.24, 2.45) is 0 Å². The number of aryl methyl sites for hydroxylation is 1. The zero-order valence-electron chi connectivity index (χ0n) is 14.6. The smallest absolute Gasteiger partial charge is 0.414 e. The fourth-order valence-corrected chi connectivity index (χ4v) is 2.45. The lowest BCUT2D eigenvalue weighted by atomic mass is 9.99. The minimum Gasteiger partial charge on any atom is -0.494 e. The van der Waals surface area contributed by atoms with Gasteiger partial charge in [0.05, 0.1) is 12.5 Å². The van der Waals surface area contributed by atoms with Gasteiger partial charge in [0.1, 0.15) is 5.75 Å². The Morgan fingerprint density at radius 2 is 1.85 bits per heavy atom. The molecule has 2 heterocycles. The average molecular weight is 363 g/mol. The number of carboxylic acids is 2. The van der Waals surface area contributed by atoms with E-state index < -0.39 is 11.9 Å². The van der Waals surface area contributed by atoms with Gasteiger partial charge in [0.2, 0.25) is 5.89 Å². The Kier molecular flexibility index (Phi) is 6.67. The number of aliphatic carboxylic acids is 2. The van der Waals surface area contributed by atoms with Crippen LogP contribution >= 0.6 is 0 Å². The number of hydrogen-bond acceptors (Lipinski definition) is 7. The predicted molar refractivity (Wildman–Crippen MR) is 89.9 cm³/mol. The van der Waals surface area contributed by atoms with E-state index in [1.165, 1.54) is 5.56 Å². The van der Waals surface area contributed by atoms with Crippen molar-refractivity contribution in [1.82, 2.24) is 15.0 Å². The number of carboxylic acid groups (broad SMARTS) is 2. The molecule has 1 aliphatic heterocycles. The second-order valence-corrected chi connectivity index (χ2v) is 5.76. The normalized spacial score (nSPS) is 14.1. The molecule has 26 heavy (non-hydrogen) atoms. The lowest BCUT2D eigenvalue weighted by molar-refractivity contribution is -0.159. The number of ether oxygens (including phenoxy) is 1. The minimum atomic E-state index is -1.82. The van der Waals surface area contributed by atoms with E-state index in [4.69, 9.17) is 29.1 Å². The van der Waals surface area contributed by atoms with Crippen LogP contribution in [0, 0.1) is 6.92 Å². The molecular weight excluding hydrogens is 342 g/mol. The topological polar surface area (TPSA) is 126 Å². The summed E-state index contributed by atoms with van der Waals surface area (Å²) in [4.78, 5) is 24.9. The molecule has 3 rings (SSSR count). The molecule has 0 atom stereocenters. The summed E-state index contributed by atoms with van der Waals surface area (Å²) in [6, 6.07) is 8.29. The van der Waals surface area contributed by atoms with Crippen molar-refractivity contribution >= 4 is 11.9 Å². The van der Waals surface area contributed by atoms with Crippen LogP contribution in [0.4, 0.5) is 0 Å². The minimum absolute atomic E-state index is 0.388. The first-order valence-electron chi connectivity index (χ1n) is 8.09. The van der Waals surface area contributed by atoms with Gasteiger partial charge in [-0.05, 0) is 31.5 Å². The van der Waals surface area contributed by atoms with E-state index in [9.17, 15) is 0 Å². The van der Waals surface area contributed by atoms with Gasteiger partial charge in [-0.1, -0.05) is 17.3 Å². The number of benzene rings is 1. The van der Waals surface area contributed by atoms with Gasteiger partial charge in [-0.3, -0.25) is 4.90 Å². The standard InChI is InChI=1S/C15H19N3O2.C2H2O4/c1-3-19-14-6-4-12(5-7-14)8-18-9-13(10-18)15-16-11(2)17-20-15;3-1(4)2(5)6/h4-7,13H,3,8-10H2,1-2H3;(H,3,4)(H,5,6). The Morgan fingerprint density at radius 3 is 2.31 bits per heavy atom. The molecule has 2 N–H and O–H groups in total. The summed E-state index contributed by atoms with van der Waals surface area (Å²) >= 11 is 0. The second kappa shape index (κ2) is 8.95. The fourth-order valence-electron chi connectivity index (χ4n) is 2.45. The van der Waals surface area contributed by atoms with Crippen molar-refractivity contribution in [3.63, 3.8) is 0 Å². The second-order valence-electron chi connectivity index (χ2n) is 5.76. The first-order chi connectivity index (χ1) is 12.4. The Bertz CT molecular complexity index is 725. The highest BCUT2D eigenvalue weighted by Crippen LogP contribution is 2.27. The maximum absolute atomic E-state index is 9.10. The molecule has 9 nitrogen and oxygen atoms in total. The predicted octanol–water partition coefficient (Wildman–Crippen LogP) is 1.53. The van der Waals surface area contributed by atoms with Gasteiger partial charge in [0.15, 0.2) is 5.82 Å². The number of hydrogen-bond donors (Lipinski definition) is 2. The molecule has 0 radical (unpaired) electrons. The molecule has 0 amide bonds. The molecule has 1 fully saturated rings. The highest BCUT2D eigenvalue weighted by Gasteiger charge is 2.32. The number of likely N-dealkylation sites (tertiary alicyclic amines) is 1. The van der Waals surface area contributed by atoms with Gasteiger partial charge in [0, 0.05) is 19.6 Å². The molecule has 9 heteroatoms. The van der Waals surface area contributed by atoms with Crippen LogP contribution in [0.5, 0.6) is 5.75 Å². The van der Waals surface area contributed by atoms with Crippen LogP contribution in [0.25, 0.3) is 0 Å². The third-order valence-electron chi connectivity index (χ3n) is 3.67. The molecule has 0 spiro atoms. The van der Waals surface area contributed by atoms with Crippen LogP contribution < -0.4 is 4.74 Å². The van der Waals surface area contributed by atoms with Crippen molar-refractivity contribution in [2.45, 2.75) is 26.3 Å². The van der Waals surface area contributed by atoms with Crippen LogP contribution in [-0.2, 0) is 16.1 Å². The summed E-state index contributed by atoms with van der Waals surface area (Å²) in [5.41, 5.74) is 1.30. The molecule has 0 saturated carbocycles. The fraction of sp³-hybridized carbons (Fsp3) is 0.412. The number of rotatable bonds is 5. The maximum atomic E-state index is 9.10. The zero-order valence-corrected chi connectivity index (χ0v) is 14.6. The largest absolute Gasteiger partial charge is 0.494 e. The number of nitrogens with zero attached hydrogens (tertiary/aromatic N) is 3. The average Bonchev–Trinajstić information content (AvgIpc) is 2.98. The van der Waals surface area contributed by atoms with Gasteiger partial charge < -0.3 is 19.5 Å². The van der Waals surface area contributed by atoms with E-state index in [0.717, 1.165) is 31.3 Å². The van der Waals surface area contributed by atoms with E-state index in [1.54, 1.807) is 0 Å². The molecule has 0 bridgehead atoms. The third kappa shape index (κ3) is 5.55. The van der Waals surface area contributed by atoms with Crippen molar-refractivity contribution < 1.29 is 29.1 Å². The maximum Gasteiger partial charge on any atom is 0.414 e. The van der Waals surface area contributed by atoms with Crippen LogP contribution in [-0.4, -0.2) is 56.9 Å². The Hall–Kier alpha value is -2.94. The van der Waals surface area contributed by atoms with E-state index in [1.807, 2.05) is 26.0 Å². The van der Waals surface area contributed by atoms with Crippen LogP contribution in [0.3, 0.4) is 0 Å². The van der Waals surface area contributed by atoms with E-state index in [0.29, 0.717) is 18.3 Å². The van der Waals surface area contributed by atoms with Crippen LogP contribution in [0.2, 0.25) is 0 Å². The van der Waals surface area contributed by atoms with Crippen molar-refractivity contribution in [3.8, 4) is 5.75 Å². The lowest BCUT2D eigenvalue weighted by Gasteiger charge is -2.37. The Morgan fingerprint density at radius 1 is 1.23 bits per heavy atom. The first-order valence-corrected chi connectivity index (χ1v) is 8.09. The SMILES string of the molecule is CCOc1ccc(CN2CC(c3nc(C)no3)C2)cc1.O=C(O)C(=O)O. The quantitative estimate of drug-likeness (QED) is 0.760. The van der Waals surface area contributed by atoms with Gasteiger partial charge in [-0.15, -0.1) is 0 Å². The molecule has 1 saturated heterocycles. The summed E-state index contributed by atoms with van der Waals surface area (Å²) in [6.07, 6.45) is 0. The van der Waals surface area contributed by atoms with Gasteiger partial charge in [-0.2, -0.15) is 4.98 Å². The van der Waals surface area contributed by atoms with E-state index >= 15 is 0 Å². The molecule has 1 aliphatic rings. The van der Waals surface area contributed by atoms with E-state index in [-0.39, 0.29) is 0 Å². The number of carbonyl (C=O) groups is 2. The van der Waals surface area contributed by atoms with Gasteiger partial charge >= 0.3 is 11.9 Å². The molecule has 1 aromatic carbocycles. The Labute approximate surface area is 150 Å². The first kappa shape index (κ1) is 19.4. The van der Waals surface area contributed by atoms with Crippen LogP contribution in [0.1, 0.15) is 30.1 Å². The molecule has 1 aromatic heterocycles. The van der Waals surface area contributed by atoms with E-state index in [2.05, 4.69) is 27.2 Å². The van der Waals surface area contributed by atoms with Crippen molar-refractivity contribution in [1.29, 1.82) is 0 Å².